The largest absolute Gasteiger partial charge is 0.354 e. The molecule has 0 atom stereocenters. The standard InChI is InChI=1S/C12H20FN3/c1-2-3-4-5-6-7-8-14-12-15-9-11(13)10-16-12/h9-10H,2-8H2,1H3,(H,14,15,16). The first-order valence-corrected chi connectivity index (χ1v) is 6.04. The Morgan fingerprint density at radius 2 is 1.69 bits per heavy atom. The molecule has 3 nitrogen and oxygen atoms in total. The predicted molar refractivity (Wildman–Crippen MR) is 63.9 cm³/mol. The van der Waals surface area contributed by atoms with Crippen molar-refractivity contribution in [3.05, 3.63) is 18.2 Å². The molecule has 1 heterocycles. The van der Waals surface area contributed by atoms with Crippen molar-refractivity contribution in [3.63, 3.8) is 0 Å². The van der Waals surface area contributed by atoms with Gasteiger partial charge in [-0.15, -0.1) is 0 Å². The van der Waals surface area contributed by atoms with Crippen molar-refractivity contribution >= 4 is 5.95 Å². The van der Waals surface area contributed by atoms with Crippen molar-refractivity contribution in [2.45, 2.75) is 45.4 Å². The molecular weight excluding hydrogens is 205 g/mol. The average Bonchev–Trinajstić information content (AvgIpc) is 2.30. The van der Waals surface area contributed by atoms with Crippen LogP contribution in [0.2, 0.25) is 0 Å². The Kier molecular flexibility index (Phi) is 6.45. The number of hydrogen-bond acceptors (Lipinski definition) is 3. The zero-order valence-electron chi connectivity index (χ0n) is 9.88. The van der Waals surface area contributed by atoms with Gasteiger partial charge in [0.25, 0.3) is 0 Å². The van der Waals surface area contributed by atoms with Gasteiger partial charge < -0.3 is 5.32 Å². The minimum absolute atomic E-state index is 0.398. The van der Waals surface area contributed by atoms with E-state index in [9.17, 15) is 4.39 Å². The summed E-state index contributed by atoms with van der Waals surface area (Å²) in [6.45, 7) is 3.07. The highest BCUT2D eigenvalue weighted by Gasteiger charge is 1.95. The molecular formula is C12H20FN3. The maximum atomic E-state index is 12.5. The molecule has 0 saturated carbocycles. The molecule has 0 spiro atoms. The van der Waals surface area contributed by atoms with E-state index < -0.39 is 5.82 Å². The number of unbranched alkanes of at least 4 members (excludes halogenated alkanes) is 5. The molecule has 1 rings (SSSR count). The maximum absolute atomic E-state index is 12.5. The summed E-state index contributed by atoms with van der Waals surface area (Å²) in [5.41, 5.74) is 0. The number of halogens is 1. The second kappa shape index (κ2) is 8.02. The van der Waals surface area contributed by atoms with Crippen LogP contribution in [0.1, 0.15) is 45.4 Å². The van der Waals surface area contributed by atoms with Gasteiger partial charge in [-0.25, -0.2) is 14.4 Å². The van der Waals surface area contributed by atoms with Crippen LogP contribution in [0.25, 0.3) is 0 Å². The first-order chi connectivity index (χ1) is 7.83. The van der Waals surface area contributed by atoms with E-state index in [0.29, 0.717) is 5.95 Å². The number of rotatable bonds is 8. The molecule has 16 heavy (non-hydrogen) atoms. The van der Waals surface area contributed by atoms with Crippen LogP contribution in [0.5, 0.6) is 0 Å². The Labute approximate surface area is 96.5 Å². The van der Waals surface area contributed by atoms with Crippen LogP contribution in [0.4, 0.5) is 10.3 Å². The third-order valence-electron chi connectivity index (χ3n) is 2.43. The third-order valence-corrected chi connectivity index (χ3v) is 2.43. The molecule has 0 unspecified atom stereocenters. The number of anilines is 1. The Balaban J connectivity index is 2.01. The van der Waals surface area contributed by atoms with Crippen molar-refractivity contribution < 1.29 is 4.39 Å². The Morgan fingerprint density at radius 1 is 1.06 bits per heavy atom. The normalized spacial score (nSPS) is 10.4. The summed E-state index contributed by atoms with van der Waals surface area (Å²) >= 11 is 0. The molecule has 1 aromatic heterocycles. The third kappa shape index (κ3) is 5.63. The molecule has 1 aromatic rings. The first kappa shape index (κ1) is 12.9. The molecule has 0 bridgehead atoms. The van der Waals surface area contributed by atoms with E-state index in [4.69, 9.17) is 0 Å². The summed E-state index contributed by atoms with van der Waals surface area (Å²) in [5.74, 6) is 0.111. The zero-order chi connectivity index (χ0) is 11.6. The number of nitrogens with zero attached hydrogens (tertiary/aromatic N) is 2. The molecule has 0 aliphatic rings. The van der Waals surface area contributed by atoms with Gasteiger partial charge in [0.1, 0.15) is 0 Å². The van der Waals surface area contributed by atoms with Gasteiger partial charge in [-0.3, -0.25) is 0 Å². The van der Waals surface area contributed by atoms with E-state index in [-0.39, 0.29) is 0 Å². The van der Waals surface area contributed by atoms with Crippen molar-refractivity contribution in [1.29, 1.82) is 0 Å². The molecule has 90 valence electrons. The van der Waals surface area contributed by atoms with E-state index in [0.717, 1.165) is 13.0 Å². The van der Waals surface area contributed by atoms with E-state index in [1.165, 1.54) is 44.5 Å². The topological polar surface area (TPSA) is 37.8 Å². The fraction of sp³-hybridized carbons (Fsp3) is 0.667. The summed E-state index contributed by atoms with van der Waals surface area (Å²) in [5, 5.41) is 3.07. The minimum Gasteiger partial charge on any atom is -0.354 e. The minimum atomic E-state index is -0.398. The summed E-state index contributed by atoms with van der Waals surface area (Å²) in [6.07, 6.45) is 9.92. The van der Waals surface area contributed by atoms with Gasteiger partial charge in [-0.2, -0.15) is 0 Å². The molecule has 0 aliphatic heterocycles. The van der Waals surface area contributed by atoms with Gasteiger partial charge >= 0.3 is 0 Å². The molecule has 0 aliphatic carbocycles. The predicted octanol–water partition coefficient (Wildman–Crippen LogP) is 3.39. The molecule has 0 amide bonds. The van der Waals surface area contributed by atoms with E-state index in [1.807, 2.05) is 0 Å². The summed E-state index contributed by atoms with van der Waals surface area (Å²) < 4.78 is 12.5. The summed E-state index contributed by atoms with van der Waals surface area (Å²) in [7, 11) is 0. The zero-order valence-corrected chi connectivity index (χ0v) is 9.88. The van der Waals surface area contributed by atoms with Gasteiger partial charge in [0.15, 0.2) is 5.82 Å². The van der Waals surface area contributed by atoms with Crippen molar-refractivity contribution in [3.8, 4) is 0 Å². The second-order valence-electron chi connectivity index (χ2n) is 3.92. The van der Waals surface area contributed by atoms with Crippen LogP contribution in [-0.4, -0.2) is 16.5 Å². The fourth-order valence-corrected chi connectivity index (χ4v) is 1.51. The van der Waals surface area contributed by atoms with Crippen molar-refractivity contribution in [1.82, 2.24) is 9.97 Å². The van der Waals surface area contributed by atoms with E-state index in [2.05, 4.69) is 22.2 Å². The van der Waals surface area contributed by atoms with Crippen LogP contribution in [0.15, 0.2) is 12.4 Å². The fourth-order valence-electron chi connectivity index (χ4n) is 1.51. The molecule has 0 fully saturated rings. The highest BCUT2D eigenvalue weighted by atomic mass is 19.1. The molecule has 0 saturated heterocycles. The van der Waals surface area contributed by atoms with Crippen LogP contribution in [0, 0.1) is 5.82 Å². The molecule has 4 heteroatoms. The van der Waals surface area contributed by atoms with Gasteiger partial charge in [-0.1, -0.05) is 39.0 Å². The van der Waals surface area contributed by atoms with Gasteiger partial charge in [0, 0.05) is 6.54 Å². The van der Waals surface area contributed by atoms with E-state index >= 15 is 0 Å². The van der Waals surface area contributed by atoms with Gasteiger partial charge in [-0.05, 0) is 6.42 Å². The van der Waals surface area contributed by atoms with Gasteiger partial charge in [0.2, 0.25) is 5.95 Å². The smallest absolute Gasteiger partial charge is 0.222 e. The monoisotopic (exact) mass is 225 g/mol. The summed E-state index contributed by atoms with van der Waals surface area (Å²) in [4.78, 5) is 7.66. The first-order valence-electron chi connectivity index (χ1n) is 6.04. The highest BCUT2D eigenvalue weighted by molar-refractivity contribution is 5.21. The van der Waals surface area contributed by atoms with Crippen LogP contribution < -0.4 is 5.32 Å². The van der Waals surface area contributed by atoms with E-state index in [1.54, 1.807) is 0 Å². The van der Waals surface area contributed by atoms with Crippen LogP contribution >= 0.6 is 0 Å². The summed E-state index contributed by atoms with van der Waals surface area (Å²) in [6, 6.07) is 0. The lowest BCUT2D eigenvalue weighted by atomic mass is 10.1. The van der Waals surface area contributed by atoms with Crippen molar-refractivity contribution in [2.75, 3.05) is 11.9 Å². The quantitative estimate of drug-likeness (QED) is 0.689. The lowest BCUT2D eigenvalue weighted by molar-refractivity contribution is 0.610. The SMILES string of the molecule is CCCCCCCCNc1ncc(F)cn1. The van der Waals surface area contributed by atoms with Crippen molar-refractivity contribution in [2.24, 2.45) is 0 Å². The number of hydrogen-bond donors (Lipinski definition) is 1. The molecule has 0 radical (unpaired) electrons. The Hall–Kier alpha value is -1.19. The van der Waals surface area contributed by atoms with Crippen LogP contribution in [0.3, 0.4) is 0 Å². The maximum Gasteiger partial charge on any atom is 0.222 e. The molecule has 1 N–H and O–H groups in total. The number of nitrogens with one attached hydrogen (secondary N) is 1. The lowest BCUT2D eigenvalue weighted by Gasteiger charge is -2.03. The highest BCUT2D eigenvalue weighted by Crippen LogP contribution is 2.05. The van der Waals surface area contributed by atoms with Crippen LogP contribution in [-0.2, 0) is 0 Å². The lowest BCUT2D eigenvalue weighted by Crippen LogP contribution is -2.05. The Morgan fingerprint density at radius 3 is 2.38 bits per heavy atom. The Bertz CT molecular complexity index is 274. The molecule has 0 aromatic carbocycles. The van der Waals surface area contributed by atoms with Gasteiger partial charge in [0.05, 0.1) is 12.4 Å². The second-order valence-corrected chi connectivity index (χ2v) is 3.92. The number of aromatic nitrogens is 2. The average molecular weight is 225 g/mol.